The monoisotopic (exact) mass is 429 g/mol. The van der Waals surface area contributed by atoms with Crippen LogP contribution in [-0.4, -0.2) is 33.3 Å². The largest absolute Gasteiger partial charge is 0.493 e. The van der Waals surface area contributed by atoms with Crippen molar-refractivity contribution in [3.05, 3.63) is 28.1 Å². The Morgan fingerprint density at radius 2 is 1.77 bits per heavy atom. The number of fused-ring (bicyclic) bond motifs is 1. The Labute approximate surface area is 180 Å². The first kappa shape index (κ1) is 21.8. The van der Waals surface area contributed by atoms with Gasteiger partial charge in [0.2, 0.25) is 11.7 Å². The normalized spacial score (nSPS) is 14.0. The number of ether oxygens (including phenoxy) is 3. The third kappa shape index (κ3) is 4.46. The van der Waals surface area contributed by atoms with Crippen LogP contribution in [0.25, 0.3) is 0 Å². The molecule has 0 aliphatic heterocycles. The van der Waals surface area contributed by atoms with Gasteiger partial charge in [0, 0.05) is 22.7 Å². The molecule has 0 bridgehead atoms. The summed E-state index contributed by atoms with van der Waals surface area (Å²) in [7, 11) is 4.63. The molecule has 2 aromatic rings. The molecule has 30 heavy (non-hydrogen) atoms. The van der Waals surface area contributed by atoms with E-state index in [1.54, 1.807) is 40.4 Å². The van der Waals surface area contributed by atoms with Crippen molar-refractivity contribution in [1.29, 1.82) is 5.26 Å². The third-order valence-electron chi connectivity index (χ3n) is 5.21. The number of benzene rings is 1. The van der Waals surface area contributed by atoms with Crippen molar-refractivity contribution in [2.45, 2.75) is 45.1 Å². The van der Waals surface area contributed by atoms with Crippen molar-refractivity contribution >= 4 is 27.9 Å². The standard InChI is InChI=1S/C22H27N3O4S/c1-13(24-14-10-17(27-2)20(29-4)18(11-14)28-3)21(26)25-22-16(12-23)15-8-6-5-7-9-19(15)30-22/h10-11,13,24H,5-9H2,1-4H3,(H,25,26). The summed E-state index contributed by atoms with van der Waals surface area (Å²) in [4.78, 5) is 14.1. The van der Waals surface area contributed by atoms with Crippen LogP contribution in [-0.2, 0) is 17.6 Å². The first-order valence-corrected chi connectivity index (χ1v) is 10.8. The van der Waals surface area contributed by atoms with E-state index in [0.717, 1.165) is 31.2 Å². The molecule has 8 heteroatoms. The van der Waals surface area contributed by atoms with Gasteiger partial charge in [0.05, 0.1) is 26.9 Å². The zero-order valence-electron chi connectivity index (χ0n) is 17.8. The topological polar surface area (TPSA) is 92.6 Å². The van der Waals surface area contributed by atoms with Gasteiger partial charge < -0.3 is 24.8 Å². The van der Waals surface area contributed by atoms with E-state index < -0.39 is 6.04 Å². The van der Waals surface area contributed by atoms with Crippen molar-refractivity contribution in [2.24, 2.45) is 0 Å². The van der Waals surface area contributed by atoms with Crippen molar-refractivity contribution in [3.63, 3.8) is 0 Å². The van der Waals surface area contributed by atoms with Gasteiger partial charge in [-0.2, -0.15) is 5.26 Å². The van der Waals surface area contributed by atoms with E-state index in [4.69, 9.17) is 14.2 Å². The summed E-state index contributed by atoms with van der Waals surface area (Å²) in [6, 6.07) is 5.25. The number of methoxy groups -OCH3 is 3. The molecule has 160 valence electrons. The maximum Gasteiger partial charge on any atom is 0.247 e. The molecule has 0 radical (unpaired) electrons. The Balaban J connectivity index is 1.77. The highest BCUT2D eigenvalue weighted by molar-refractivity contribution is 7.16. The second kappa shape index (κ2) is 9.72. The fourth-order valence-electron chi connectivity index (χ4n) is 3.65. The molecule has 1 atom stereocenters. The molecule has 0 saturated carbocycles. The fourth-order valence-corrected chi connectivity index (χ4v) is 4.89. The minimum Gasteiger partial charge on any atom is -0.493 e. The number of nitrogens with one attached hydrogen (secondary N) is 2. The summed E-state index contributed by atoms with van der Waals surface area (Å²) in [6.07, 6.45) is 5.28. The average molecular weight is 430 g/mol. The Morgan fingerprint density at radius 3 is 2.37 bits per heavy atom. The predicted molar refractivity (Wildman–Crippen MR) is 118 cm³/mol. The van der Waals surface area contributed by atoms with Crippen molar-refractivity contribution < 1.29 is 19.0 Å². The highest BCUT2D eigenvalue weighted by atomic mass is 32.1. The van der Waals surface area contributed by atoms with Gasteiger partial charge in [-0.25, -0.2) is 0 Å². The molecule has 1 aliphatic carbocycles. The number of aryl methyl sites for hydroxylation is 1. The SMILES string of the molecule is COc1cc(NC(C)C(=O)Nc2sc3c(c2C#N)CCCCC3)cc(OC)c1OC. The minimum absolute atomic E-state index is 0.211. The molecule has 1 aromatic heterocycles. The quantitative estimate of drug-likeness (QED) is 0.636. The molecular formula is C22H27N3O4S. The van der Waals surface area contributed by atoms with Crippen molar-refractivity contribution in [3.8, 4) is 23.3 Å². The zero-order chi connectivity index (χ0) is 21.7. The van der Waals surface area contributed by atoms with E-state index in [1.165, 1.54) is 22.6 Å². The number of amides is 1. The van der Waals surface area contributed by atoms with Crippen molar-refractivity contribution in [2.75, 3.05) is 32.0 Å². The number of anilines is 2. The van der Waals surface area contributed by atoms with Crippen LogP contribution in [0.4, 0.5) is 10.7 Å². The molecule has 3 rings (SSSR count). The lowest BCUT2D eigenvalue weighted by molar-refractivity contribution is -0.116. The van der Waals surface area contributed by atoms with E-state index in [0.29, 0.717) is 33.5 Å². The lowest BCUT2D eigenvalue weighted by Gasteiger charge is -2.18. The van der Waals surface area contributed by atoms with Crippen LogP contribution in [0, 0.1) is 11.3 Å². The van der Waals surface area contributed by atoms with Crippen molar-refractivity contribution in [1.82, 2.24) is 0 Å². The number of thiophene rings is 1. The van der Waals surface area contributed by atoms with Gasteiger partial charge in [0.1, 0.15) is 17.1 Å². The minimum atomic E-state index is -0.541. The summed E-state index contributed by atoms with van der Waals surface area (Å²) in [5.41, 5.74) is 2.39. The van der Waals surface area contributed by atoms with E-state index in [2.05, 4.69) is 16.7 Å². The summed E-state index contributed by atoms with van der Waals surface area (Å²) in [5, 5.41) is 16.4. The van der Waals surface area contributed by atoms with Gasteiger partial charge >= 0.3 is 0 Å². The summed E-state index contributed by atoms with van der Waals surface area (Å²) in [6.45, 7) is 1.77. The van der Waals surface area contributed by atoms with Gasteiger partial charge in [-0.3, -0.25) is 4.79 Å². The maximum atomic E-state index is 12.8. The van der Waals surface area contributed by atoms with Gasteiger partial charge in [-0.05, 0) is 38.2 Å². The molecule has 0 spiro atoms. The van der Waals surface area contributed by atoms with Crippen LogP contribution in [0.5, 0.6) is 17.2 Å². The molecular weight excluding hydrogens is 402 g/mol. The van der Waals surface area contributed by atoms with Crippen LogP contribution < -0.4 is 24.8 Å². The fraction of sp³-hybridized carbons (Fsp3) is 0.455. The summed E-state index contributed by atoms with van der Waals surface area (Å²) >= 11 is 1.53. The second-order valence-electron chi connectivity index (χ2n) is 7.15. The first-order chi connectivity index (χ1) is 14.5. The predicted octanol–water partition coefficient (Wildman–Crippen LogP) is 4.35. The lowest BCUT2D eigenvalue weighted by Crippen LogP contribution is -2.31. The maximum absolute atomic E-state index is 12.8. The van der Waals surface area contributed by atoms with Gasteiger partial charge in [0.15, 0.2) is 11.5 Å². The molecule has 2 N–H and O–H groups in total. The summed E-state index contributed by atoms with van der Waals surface area (Å²) < 4.78 is 16.1. The zero-order valence-corrected chi connectivity index (χ0v) is 18.6. The Kier molecular flexibility index (Phi) is 7.06. The Hall–Kier alpha value is -2.92. The van der Waals surface area contributed by atoms with E-state index in [1.807, 2.05) is 0 Å². The number of hydrogen-bond acceptors (Lipinski definition) is 7. The second-order valence-corrected chi connectivity index (χ2v) is 8.25. The van der Waals surface area contributed by atoms with Crippen LogP contribution in [0.15, 0.2) is 12.1 Å². The number of rotatable bonds is 7. The highest BCUT2D eigenvalue weighted by Crippen LogP contribution is 2.40. The van der Waals surface area contributed by atoms with Gasteiger partial charge in [-0.1, -0.05) is 6.42 Å². The number of carbonyl (C=O) groups is 1. The number of nitriles is 1. The Bertz CT molecular complexity index is 939. The molecule has 0 saturated heterocycles. The van der Waals surface area contributed by atoms with E-state index in [-0.39, 0.29) is 5.91 Å². The lowest BCUT2D eigenvalue weighted by atomic mass is 10.1. The molecule has 1 amide bonds. The highest BCUT2D eigenvalue weighted by Gasteiger charge is 2.23. The molecule has 1 unspecified atom stereocenters. The number of carbonyl (C=O) groups excluding carboxylic acids is 1. The van der Waals surface area contributed by atoms with Crippen LogP contribution >= 0.6 is 11.3 Å². The van der Waals surface area contributed by atoms with Gasteiger partial charge in [-0.15, -0.1) is 11.3 Å². The van der Waals surface area contributed by atoms with Crippen LogP contribution in [0.3, 0.4) is 0 Å². The smallest absolute Gasteiger partial charge is 0.247 e. The number of nitrogens with zero attached hydrogens (tertiary/aromatic N) is 1. The first-order valence-electron chi connectivity index (χ1n) is 9.94. The third-order valence-corrected chi connectivity index (χ3v) is 6.42. The summed E-state index contributed by atoms with van der Waals surface area (Å²) in [5.74, 6) is 1.28. The molecule has 7 nitrogen and oxygen atoms in total. The average Bonchev–Trinajstić information content (AvgIpc) is 2.91. The van der Waals surface area contributed by atoms with Crippen LogP contribution in [0.1, 0.15) is 42.2 Å². The molecule has 1 aliphatic rings. The van der Waals surface area contributed by atoms with Crippen LogP contribution in [0.2, 0.25) is 0 Å². The molecule has 1 aromatic carbocycles. The molecule has 1 heterocycles. The Morgan fingerprint density at radius 1 is 1.10 bits per heavy atom. The number of hydrogen-bond donors (Lipinski definition) is 2. The molecule has 0 fully saturated rings. The van der Waals surface area contributed by atoms with E-state index >= 15 is 0 Å². The van der Waals surface area contributed by atoms with Gasteiger partial charge in [0.25, 0.3) is 0 Å². The van der Waals surface area contributed by atoms with E-state index in [9.17, 15) is 10.1 Å².